The van der Waals surface area contributed by atoms with E-state index in [9.17, 15) is 4.79 Å². The largest absolute Gasteiger partial charge is 0.288 e. The van der Waals surface area contributed by atoms with Gasteiger partial charge >= 0.3 is 0 Å². The highest BCUT2D eigenvalue weighted by molar-refractivity contribution is 5.93. The Hall–Kier alpha value is -1.42. The third-order valence-corrected chi connectivity index (χ3v) is 1.97. The van der Waals surface area contributed by atoms with Crippen molar-refractivity contribution in [3.05, 3.63) is 29.6 Å². The molecule has 0 aliphatic rings. The maximum absolute atomic E-state index is 11.1. The summed E-state index contributed by atoms with van der Waals surface area (Å²) in [5, 5.41) is 8.44. The third-order valence-electron chi connectivity index (χ3n) is 1.97. The van der Waals surface area contributed by atoms with Crippen LogP contribution in [0, 0.1) is 0 Å². The van der Waals surface area contributed by atoms with Crippen molar-refractivity contribution in [3.8, 4) is 0 Å². The summed E-state index contributed by atoms with van der Waals surface area (Å²) in [6.45, 7) is 2.10. The Balaban J connectivity index is 2.73. The molecule has 0 unspecified atom stereocenters. The van der Waals surface area contributed by atoms with Gasteiger partial charge in [-0.1, -0.05) is 13.3 Å². The molecule has 1 heterocycles. The number of nitrogens with one attached hydrogen (secondary N) is 1. The van der Waals surface area contributed by atoms with E-state index < -0.39 is 5.91 Å². The van der Waals surface area contributed by atoms with Gasteiger partial charge in [0, 0.05) is 17.5 Å². The number of nitrogens with zero attached hydrogens (tertiary/aromatic N) is 1. The molecule has 0 saturated carbocycles. The number of pyridine rings is 1. The summed E-state index contributed by atoms with van der Waals surface area (Å²) < 4.78 is 0. The number of aryl methyl sites for hydroxylation is 1. The van der Waals surface area contributed by atoms with Gasteiger partial charge in [0.25, 0.3) is 5.91 Å². The molecular weight excluding hydrogens is 180 g/mol. The van der Waals surface area contributed by atoms with Gasteiger partial charge in [-0.05, 0) is 25.0 Å². The van der Waals surface area contributed by atoms with Crippen LogP contribution in [0.25, 0.3) is 0 Å². The summed E-state index contributed by atoms with van der Waals surface area (Å²) in [7, 11) is 0. The van der Waals surface area contributed by atoms with Crippen molar-refractivity contribution in [2.24, 2.45) is 0 Å². The van der Waals surface area contributed by atoms with E-state index in [0.29, 0.717) is 5.56 Å². The molecule has 1 aromatic rings. The zero-order valence-corrected chi connectivity index (χ0v) is 8.16. The smallest absolute Gasteiger partial charge is 0.274 e. The number of aromatic nitrogens is 1. The highest BCUT2D eigenvalue weighted by Crippen LogP contribution is 2.05. The number of carbonyl (C=O) groups is 1. The topological polar surface area (TPSA) is 62.2 Å². The molecule has 0 saturated heterocycles. The molecule has 0 bridgehead atoms. The molecule has 4 heteroatoms. The van der Waals surface area contributed by atoms with E-state index in [0.717, 1.165) is 25.0 Å². The molecule has 0 radical (unpaired) electrons. The average Bonchev–Trinajstić information content (AvgIpc) is 2.25. The van der Waals surface area contributed by atoms with Crippen molar-refractivity contribution in [3.63, 3.8) is 0 Å². The molecule has 0 aliphatic heterocycles. The molecule has 14 heavy (non-hydrogen) atoms. The van der Waals surface area contributed by atoms with Crippen LogP contribution < -0.4 is 5.48 Å². The lowest BCUT2D eigenvalue weighted by Crippen LogP contribution is -2.18. The van der Waals surface area contributed by atoms with Crippen molar-refractivity contribution < 1.29 is 10.0 Å². The van der Waals surface area contributed by atoms with Gasteiger partial charge in [0.15, 0.2) is 0 Å². The van der Waals surface area contributed by atoms with Crippen LogP contribution in [-0.4, -0.2) is 16.1 Å². The molecule has 1 rings (SSSR count). The Morgan fingerprint density at radius 1 is 1.64 bits per heavy atom. The van der Waals surface area contributed by atoms with Crippen molar-refractivity contribution in [1.29, 1.82) is 0 Å². The molecule has 76 valence electrons. The zero-order chi connectivity index (χ0) is 10.4. The number of hydrogen-bond donors (Lipinski definition) is 2. The zero-order valence-electron chi connectivity index (χ0n) is 8.16. The monoisotopic (exact) mass is 194 g/mol. The van der Waals surface area contributed by atoms with Crippen LogP contribution >= 0.6 is 0 Å². The Kier molecular flexibility index (Phi) is 4.07. The summed E-state index contributed by atoms with van der Waals surface area (Å²) >= 11 is 0. The standard InChI is InChI=1S/C10H14N2O2/c1-2-3-4-9-7-8(5-6-11-9)10(13)12-14/h5-7,14H,2-4H2,1H3,(H,12,13). The molecule has 0 aliphatic carbocycles. The number of unbranched alkanes of at least 4 members (excludes halogenated alkanes) is 1. The summed E-state index contributed by atoms with van der Waals surface area (Å²) in [4.78, 5) is 15.2. The van der Waals surface area contributed by atoms with E-state index in [1.807, 2.05) is 0 Å². The first-order valence-electron chi connectivity index (χ1n) is 4.67. The van der Waals surface area contributed by atoms with E-state index in [-0.39, 0.29) is 0 Å². The SMILES string of the molecule is CCCCc1cc(C(=O)NO)ccn1. The van der Waals surface area contributed by atoms with E-state index in [1.54, 1.807) is 23.8 Å². The van der Waals surface area contributed by atoms with Gasteiger partial charge in [-0.25, -0.2) is 5.48 Å². The maximum Gasteiger partial charge on any atom is 0.274 e. The molecule has 1 aromatic heterocycles. The second-order valence-corrected chi connectivity index (χ2v) is 3.08. The third kappa shape index (κ3) is 2.81. The Bertz CT molecular complexity index is 313. The van der Waals surface area contributed by atoms with E-state index in [4.69, 9.17) is 5.21 Å². The Labute approximate surface area is 82.9 Å². The van der Waals surface area contributed by atoms with E-state index in [1.165, 1.54) is 0 Å². The van der Waals surface area contributed by atoms with Crippen LogP contribution in [0.1, 0.15) is 35.8 Å². The van der Waals surface area contributed by atoms with Gasteiger partial charge in [0.1, 0.15) is 0 Å². The summed E-state index contributed by atoms with van der Waals surface area (Å²) in [5.74, 6) is -0.495. The number of carbonyl (C=O) groups excluding carboxylic acids is 1. The lowest BCUT2D eigenvalue weighted by atomic mass is 10.1. The molecule has 4 nitrogen and oxygen atoms in total. The molecule has 0 spiro atoms. The first-order chi connectivity index (χ1) is 6.77. The molecular formula is C10H14N2O2. The molecule has 1 amide bonds. The minimum atomic E-state index is -0.495. The van der Waals surface area contributed by atoms with Crippen molar-refractivity contribution in [1.82, 2.24) is 10.5 Å². The molecule has 0 aromatic carbocycles. The second-order valence-electron chi connectivity index (χ2n) is 3.08. The van der Waals surface area contributed by atoms with Crippen LogP contribution in [0.15, 0.2) is 18.3 Å². The Morgan fingerprint density at radius 2 is 2.43 bits per heavy atom. The fraction of sp³-hybridized carbons (Fsp3) is 0.400. The minimum Gasteiger partial charge on any atom is -0.288 e. The van der Waals surface area contributed by atoms with Gasteiger partial charge in [0.2, 0.25) is 0 Å². The molecule has 0 fully saturated rings. The van der Waals surface area contributed by atoms with Crippen molar-refractivity contribution in [2.75, 3.05) is 0 Å². The van der Waals surface area contributed by atoms with Gasteiger partial charge in [-0.15, -0.1) is 0 Å². The van der Waals surface area contributed by atoms with Crippen LogP contribution in [0.4, 0.5) is 0 Å². The van der Waals surface area contributed by atoms with E-state index >= 15 is 0 Å². The first kappa shape index (κ1) is 10.7. The normalized spacial score (nSPS) is 9.86. The molecule has 2 N–H and O–H groups in total. The van der Waals surface area contributed by atoms with Gasteiger partial charge in [-0.2, -0.15) is 0 Å². The summed E-state index contributed by atoms with van der Waals surface area (Å²) in [6, 6.07) is 3.27. The number of rotatable bonds is 4. The number of hydroxylamine groups is 1. The highest BCUT2D eigenvalue weighted by Gasteiger charge is 2.04. The van der Waals surface area contributed by atoms with Crippen LogP contribution in [0.2, 0.25) is 0 Å². The first-order valence-corrected chi connectivity index (χ1v) is 4.67. The minimum absolute atomic E-state index is 0.439. The number of amides is 1. The quantitative estimate of drug-likeness (QED) is 0.564. The number of hydrogen-bond acceptors (Lipinski definition) is 3. The highest BCUT2D eigenvalue weighted by atomic mass is 16.5. The summed E-state index contributed by atoms with van der Waals surface area (Å²) in [5.41, 5.74) is 2.92. The van der Waals surface area contributed by atoms with Crippen LogP contribution in [-0.2, 0) is 6.42 Å². The van der Waals surface area contributed by atoms with Crippen LogP contribution in [0.5, 0.6) is 0 Å². The fourth-order valence-corrected chi connectivity index (χ4v) is 1.18. The van der Waals surface area contributed by atoms with Gasteiger partial charge in [0.05, 0.1) is 0 Å². The van der Waals surface area contributed by atoms with Crippen molar-refractivity contribution >= 4 is 5.91 Å². The van der Waals surface area contributed by atoms with Crippen LogP contribution in [0.3, 0.4) is 0 Å². The second kappa shape index (κ2) is 5.34. The fourth-order valence-electron chi connectivity index (χ4n) is 1.18. The van der Waals surface area contributed by atoms with Gasteiger partial charge < -0.3 is 0 Å². The van der Waals surface area contributed by atoms with Gasteiger partial charge in [-0.3, -0.25) is 15.0 Å². The summed E-state index contributed by atoms with van der Waals surface area (Å²) in [6.07, 6.45) is 4.59. The van der Waals surface area contributed by atoms with Crippen molar-refractivity contribution in [2.45, 2.75) is 26.2 Å². The predicted molar refractivity (Wildman–Crippen MR) is 52.1 cm³/mol. The maximum atomic E-state index is 11.1. The van der Waals surface area contributed by atoms with E-state index in [2.05, 4.69) is 11.9 Å². The average molecular weight is 194 g/mol. The lowest BCUT2D eigenvalue weighted by Gasteiger charge is -2.01. The Morgan fingerprint density at radius 3 is 3.07 bits per heavy atom. The lowest BCUT2D eigenvalue weighted by molar-refractivity contribution is 0.0706. The predicted octanol–water partition coefficient (Wildman–Crippen LogP) is 1.54. The molecule has 0 atom stereocenters.